The van der Waals surface area contributed by atoms with Crippen LogP contribution in [-0.2, 0) is 19.6 Å². The van der Waals surface area contributed by atoms with Gasteiger partial charge in [0.25, 0.3) is 10.0 Å². The standard InChI is InChI=1S/C15H15NO5S/c1-21-15(18)10-9-14(17)13-8-5-11-16(13)22(19,20)12-6-3-2-4-7-12/h2-8,11H,9-10H2,1H3. The van der Waals surface area contributed by atoms with Crippen molar-refractivity contribution in [1.82, 2.24) is 3.97 Å². The minimum atomic E-state index is -3.84. The highest BCUT2D eigenvalue weighted by molar-refractivity contribution is 7.90. The summed E-state index contributed by atoms with van der Waals surface area (Å²) in [6.07, 6.45) is 1.11. The molecule has 22 heavy (non-hydrogen) atoms. The molecule has 0 bridgehead atoms. The van der Waals surface area contributed by atoms with Crippen LogP contribution in [0.4, 0.5) is 0 Å². The molecule has 0 aliphatic carbocycles. The third-order valence-corrected chi connectivity index (χ3v) is 4.79. The lowest BCUT2D eigenvalue weighted by molar-refractivity contribution is -0.140. The number of hydrogen-bond acceptors (Lipinski definition) is 5. The van der Waals surface area contributed by atoms with Gasteiger partial charge in [0, 0.05) is 12.6 Å². The molecule has 1 aromatic carbocycles. The second-order valence-electron chi connectivity index (χ2n) is 4.51. The lowest BCUT2D eigenvalue weighted by atomic mass is 10.2. The highest BCUT2D eigenvalue weighted by Crippen LogP contribution is 2.17. The Balaban J connectivity index is 2.30. The van der Waals surface area contributed by atoms with Gasteiger partial charge < -0.3 is 4.74 Å². The van der Waals surface area contributed by atoms with E-state index in [2.05, 4.69) is 4.74 Å². The lowest BCUT2D eigenvalue weighted by Crippen LogP contribution is -2.18. The van der Waals surface area contributed by atoms with Gasteiger partial charge in [-0.05, 0) is 24.3 Å². The van der Waals surface area contributed by atoms with Gasteiger partial charge in [-0.2, -0.15) is 0 Å². The molecule has 0 N–H and O–H groups in total. The fourth-order valence-electron chi connectivity index (χ4n) is 1.94. The molecule has 1 aromatic heterocycles. The van der Waals surface area contributed by atoms with Crippen LogP contribution in [0.15, 0.2) is 53.6 Å². The molecule has 0 aliphatic heterocycles. The lowest BCUT2D eigenvalue weighted by Gasteiger charge is -2.09. The van der Waals surface area contributed by atoms with Crippen molar-refractivity contribution in [1.29, 1.82) is 0 Å². The van der Waals surface area contributed by atoms with E-state index in [1.165, 1.54) is 37.6 Å². The van der Waals surface area contributed by atoms with Crippen molar-refractivity contribution in [3.05, 3.63) is 54.4 Å². The summed E-state index contributed by atoms with van der Waals surface area (Å²) in [5, 5.41) is 0. The fraction of sp³-hybridized carbons (Fsp3) is 0.200. The predicted octanol–water partition coefficient (Wildman–Crippen LogP) is 1.86. The number of ketones is 1. The minimum Gasteiger partial charge on any atom is -0.469 e. The first-order chi connectivity index (χ1) is 10.5. The summed E-state index contributed by atoms with van der Waals surface area (Å²) in [6.45, 7) is 0. The molecule has 0 radical (unpaired) electrons. The van der Waals surface area contributed by atoms with Crippen molar-refractivity contribution in [2.45, 2.75) is 17.7 Å². The van der Waals surface area contributed by atoms with Crippen LogP contribution >= 0.6 is 0 Å². The highest BCUT2D eigenvalue weighted by Gasteiger charge is 2.22. The normalized spacial score (nSPS) is 11.1. The van der Waals surface area contributed by atoms with Crippen LogP contribution in [-0.4, -0.2) is 31.3 Å². The van der Waals surface area contributed by atoms with Gasteiger partial charge in [-0.1, -0.05) is 18.2 Å². The summed E-state index contributed by atoms with van der Waals surface area (Å²) in [7, 11) is -2.60. The number of esters is 1. The van der Waals surface area contributed by atoms with E-state index in [-0.39, 0.29) is 23.4 Å². The van der Waals surface area contributed by atoms with Gasteiger partial charge in [0.2, 0.25) is 0 Å². The van der Waals surface area contributed by atoms with Crippen molar-refractivity contribution in [2.24, 2.45) is 0 Å². The predicted molar refractivity (Wildman–Crippen MR) is 79.0 cm³/mol. The van der Waals surface area contributed by atoms with E-state index < -0.39 is 21.8 Å². The summed E-state index contributed by atoms with van der Waals surface area (Å²) in [5.41, 5.74) is 0.0211. The Morgan fingerprint density at radius 3 is 2.36 bits per heavy atom. The maximum Gasteiger partial charge on any atom is 0.305 e. The second-order valence-corrected chi connectivity index (χ2v) is 6.32. The van der Waals surface area contributed by atoms with Crippen LogP contribution in [0, 0.1) is 0 Å². The molecule has 2 rings (SSSR count). The molecule has 7 heteroatoms. The molecule has 1 heterocycles. The summed E-state index contributed by atoms with van der Waals surface area (Å²) in [4.78, 5) is 23.3. The number of nitrogens with zero attached hydrogens (tertiary/aromatic N) is 1. The maximum atomic E-state index is 12.5. The van der Waals surface area contributed by atoms with Gasteiger partial charge in [-0.3, -0.25) is 9.59 Å². The molecule has 0 amide bonds. The Kier molecular flexibility index (Phi) is 4.77. The van der Waals surface area contributed by atoms with E-state index >= 15 is 0 Å². The summed E-state index contributed by atoms with van der Waals surface area (Å²) in [6, 6.07) is 10.7. The average molecular weight is 321 g/mol. The first-order valence-electron chi connectivity index (χ1n) is 6.55. The molecular formula is C15H15NO5S. The van der Waals surface area contributed by atoms with Gasteiger partial charge in [-0.15, -0.1) is 0 Å². The number of carbonyl (C=O) groups is 2. The number of rotatable bonds is 6. The zero-order valence-electron chi connectivity index (χ0n) is 11.9. The topological polar surface area (TPSA) is 82.4 Å². The monoisotopic (exact) mass is 321 g/mol. The third-order valence-electron chi connectivity index (χ3n) is 3.08. The first kappa shape index (κ1) is 16.0. The highest BCUT2D eigenvalue weighted by atomic mass is 32.2. The number of carbonyl (C=O) groups excluding carboxylic acids is 2. The summed E-state index contributed by atoms with van der Waals surface area (Å²) >= 11 is 0. The molecular weight excluding hydrogens is 306 g/mol. The van der Waals surface area contributed by atoms with Crippen molar-refractivity contribution >= 4 is 21.8 Å². The van der Waals surface area contributed by atoms with Crippen LogP contribution in [0.3, 0.4) is 0 Å². The fourth-order valence-corrected chi connectivity index (χ4v) is 3.32. The molecule has 2 aromatic rings. The van der Waals surface area contributed by atoms with E-state index in [1.807, 2.05) is 0 Å². The van der Waals surface area contributed by atoms with Crippen LogP contribution in [0.5, 0.6) is 0 Å². The first-order valence-corrected chi connectivity index (χ1v) is 7.99. The van der Waals surface area contributed by atoms with E-state index in [1.54, 1.807) is 18.2 Å². The Morgan fingerprint density at radius 1 is 1.05 bits per heavy atom. The largest absolute Gasteiger partial charge is 0.469 e. The number of ether oxygens (including phenoxy) is 1. The summed E-state index contributed by atoms with van der Waals surface area (Å²) < 4.78 is 30.5. The Labute approximate surface area is 128 Å². The van der Waals surface area contributed by atoms with Gasteiger partial charge in [0.05, 0.1) is 24.1 Å². The van der Waals surface area contributed by atoms with Gasteiger partial charge in [0.15, 0.2) is 5.78 Å². The second kappa shape index (κ2) is 6.57. The van der Waals surface area contributed by atoms with Crippen molar-refractivity contribution in [2.75, 3.05) is 7.11 Å². The van der Waals surface area contributed by atoms with Crippen LogP contribution < -0.4 is 0 Å². The number of methoxy groups -OCH3 is 1. The van der Waals surface area contributed by atoms with Gasteiger partial charge in [-0.25, -0.2) is 12.4 Å². The van der Waals surface area contributed by atoms with Crippen LogP contribution in [0.25, 0.3) is 0 Å². The van der Waals surface area contributed by atoms with Crippen molar-refractivity contribution in [3.63, 3.8) is 0 Å². The van der Waals surface area contributed by atoms with Gasteiger partial charge in [0.1, 0.15) is 0 Å². The number of benzene rings is 1. The van der Waals surface area contributed by atoms with Crippen molar-refractivity contribution < 1.29 is 22.7 Å². The smallest absolute Gasteiger partial charge is 0.305 e. The van der Waals surface area contributed by atoms with E-state index in [0.29, 0.717) is 0 Å². The molecule has 0 fully saturated rings. The zero-order valence-corrected chi connectivity index (χ0v) is 12.7. The van der Waals surface area contributed by atoms with E-state index in [4.69, 9.17) is 0 Å². The van der Waals surface area contributed by atoms with Crippen LogP contribution in [0.1, 0.15) is 23.3 Å². The zero-order chi connectivity index (χ0) is 16.2. The summed E-state index contributed by atoms with van der Waals surface area (Å²) in [5.74, 6) is -0.952. The molecule has 0 atom stereocenters. The Bertz CT molecular complexity index is 777. The number of Topliss-reactive ketones (excluding diaryl/α,β-unsaturated/α-hetero) is 1. The SMILES string of the molecule is COC(=O)CCC(=O)c1cccn1S(=O)(=O)c1ccccc1. The third kappa shape index (κ3) is 3.25. The van der Waals surface area contributed by atoms with Crippen molar-refractivity contribution in [3.8, 4) is 0 Å². The number of hydrogen-bond donors (Lipinski definition) is 0. The molecule has 0 spiro atoms. The van der Waals surface area contributed by atoms with Crippen LogP contribution in [0.2, 0.25) is 0 Å². The number of aromatic nitrogens is 1. The van der Waals surface area contributed by atoms with E-state index in [9.17, 15) is 18.0 Å². The quantitative estimate of drug-likeness (QED) is 0.599. The molecule has 0 aliphatic rings. The average Bonchev–Trinajstić information content (AvgIpc) is 3.03. The Morgan fingerprint density at radius 2 is 1.73 bits per heavy atom. The molecule has 0 unspecified atom stereocenters. The molecule has 0 saturated carbocycles. The molecule has 116 valence electrons. The Hall–Kier alpha value is -2.41. The molecule has 0 saturated heterocycles. The maximum absolute atomic E-state index is 12.5. The minimum absolute atomic E-state index is 0.0211. The van der Waals surface area contributed by atoms with Gasteiger partial charge >= 0.3 is 5.97 Å². The van der Waals surface area contributed by atoms with E-state index in [0.717, 1.165) is 3.97 Å². The molecule has 6 nitrogen and oxygen atoms in total.